The monoisotopic (exact) mass is 282 g/mol. The zero-order chi connectivity index (χ0) is 14.5. The van der Waals surface area contributed by atoms with Crippen LogP contribution < -0.4 is 5.32 Å². The molecule has 0 aromatic heterocycles. The van der Waals surface area contributed by atoms with Gasteiger partial charge in [0.15, 0.2) is 0 Å². The number of aliphatic carboxylic acids is 1. The third kappa shape index (κ3) is 4.12. The molecule has 5 nitrogen and oxygen atoms in total. The summed E-state index contributed by atoms with van der Waals surface area (Å²) in [4.78, 5) is 24.5. The molecule has 1 aliphatic carbocycles. The minimum atomic E-state index is -0.746. The number of likely N-dealkylation sites (tertiary alicyclic amines) is 1. The Morgan fingerprint density at radius 1 is 1.25 bits per heavy atom. The van der Waals surface area contributed by atoms with Crippen molar-refractivity contribution in [2.24, 2.45) is 17.8 Å². The Hall–Kier alpha value is -1.26. The normalized spacial score (nSPS) is 26.4. The van der Waals surface area contributed by atoms with E-state index in [-0.39, 0.29) is 12.5 Å². The highest BCUT2D eigenvalue weighted by Crippen LogP contribution is 2.37. The van der Waals surface area contributed by atoms with E-state index in [9.17, 15) is 9.59 Å². The highest BCUT2D eigenvalue weighted by atomic mass is 16.4. The molecule has 0 radical (unpaired) electrons. The van der Waals surface area contributed by atoms with Gasteiger partial charge in [0.1, 0.15) is 0 Å². The number of rotatable bonds is 6. The zero-order valence-corrected chi connectivity index (χ0v) is 12.3. The van der Waals surface area contributed by atoms with Crippen LogP contribution >= 0.6 is 0 Å². The number of carboxylic acid groups (broad SMARTS) is 1. The van der Waals surface area contributed by atoms with Crippen molar-refractivity contribution in [1.29, 1.82) is 0 Å². The van der Waals surface area contributed by atoms with Gasteiger partial charge in [-0.05, 0) is 43.4 Å². The van der Waals surface area contributed by atoms with E-state index in [1.165, 1.54) is 19.3 Å². The number of hydrogen-bond acceptors (Lipinski definition) is 2. The summed E-state index contributed by atoms with van der Waals surface area (Å²) in [5, 5.41) is 11.6. The Morgan fingerprint density at radius 3 is 2.50 bits per heavy atom. The molecule has 0 aromatic rings. The zero-order valence-electron chi connectivity index (χ0n) is 12.3. The lowest BCUT2D eigenvalue weighted by Gasteiger charge is -2.19. The molecule has 1 heterocycles. The van der Waals surface area contributed by atoms with Crippen LogP contribution in [0.25, 0.3) is 0 Å². The van der Waals surface area contributed by atoms with Gasteiger partial charge >= 0.3 is 12.0 Å². The maximum atomic E-state index is 12.0. The van der Waals surface area contributed by atoms with Crippen molar-refractivity contribution in [2.75, 3.05) is 19.6 Å². The Kier molecular flexibility index (Phi) is 5.26. The van der Waals surface area contributed by atoms with Gasteiger partial charge in [-0.3, -0.25) is 4.79 Å². The molecule has 114 valence electrons. The lowest BCUT2D eigenvalue weighted by atomic mass is 10.0. The molecule has 0 aromatic carbocycles. The standard InChI is InChI=1S/C15H26N2O3/c1-11(5-6-14(18)19)7-8-16-15(20)17-9-12-3-2-4-13(12)10-17/h11-13H,2-10H2,1H3,(H,16,20)(H,18,19). The van der Waals surface area contributed by atoms with Crippen molar-refractivity contribution in [3.05, 3.63) is 0 Å². The summed E-state index contributed by atoms with van der Waals surface area (Å²) in [7, 11) is 0. The van der Waals surface area contributed by atoms with Gasteiger partial charge in [0.05, 0.1) is 0 Å². The minimum Gasteiger partial charge on any atom is -0.481 e. The van der Waals surface area contributed by atoms with Crippen molar-refractivity contribution in [1.82, 2.24) is 10.2 Å². The van der Waals surface area contributed by atoms with Crippen LogP contribution in [0, 0.1) is 17.8 Å². The van der Waals surface area contributed by atoms with Gasteiger partial charge in [0.25, 0.3) is 0 Å². The van der Waals surface area contributed by atoms with Crippen molar-refractivity contribution in [2.45, 2.75) is 45.4 Å². The van der Waals surface area contributed by atoms with E-state index in [4.69, 9.17) is 5.11 Å². The summed E-state index contributed by atoms with van der Waals surface area (Å²) in [6, 6.07) is 0.0600. The SMILES string of the molecule is CC(CCNC(=O)N1CC2CCCC2C1)CCC(=O)O. The second-order valence-electron chi connectivity index (χ2n) is 6.41. The molecule has 2 amide bonds. The quantitative estimate of drug-likeness (QED) is 0.785. The number of carboxylic acids is 1. The average molecular weight is 282 g/mol. The molecule has 3 atom stereocenters. The van der Waals surface area contributed by atoms with Crippen molar-refractivity contribution in [3.8, 4) is 0 Å². The molecule has 0 bridgehead atoms. The first kappa shape index (κ1) is 15.1. The minimum absolute atomic E-state index is 0.0600. The summed E-state index contributed by atoms with van der Waals surface area (Å²) >= 11 is 0. The van der Waals surface area contributed by atoms with Crippen LogP contribution in [0.4, 0.5) is 4.79 Å². The summed E-state index contributed by atoms with van der Waals surface area (Å²) in [6.07, 6.45) is 5.62. The molecule has 1 aliphatic heterocycles. The van der Waals surface area contributed by atoms with Crippen LogP contribution in [0.5, 0.6) is 0 Å². The van der Waals surface area contributed by atoms with Gasteiger partial charge in [0.2, 0.25) is 0 Å². The summed E-state index contributed by atoms with van der Waals surface area (Å²) in [6.45, 7) is 4.52. The maximum absolute atomic E-state index is 12.0. The second-order valence-corrected chi connectivity index (χ2v) is 6.41. The predicted octanol–water partition coefficient (Wildman–Crippen LogP) is 2.32. The van der Waals surface area contributed by atoms with Crippen LogP contribution in [0.2, 0.25) is 0 Å². The fourth-order valence-electron chi connectivity index (χ4n) is 3.45. The van der Waals surface area contributed by atoms with Gasteiger partial charge in [-0.15, -0.1) is 0 Å². The third-order valence-corrected chi connectivity index (χ3v) is 4.78. The number of hydrogen-bond donors (Lipinski definition) is 2. The van der Waals surface area contributed by atoms with E-state index in [1.807, 2.05) is 11.8 Å². The summed E-state index contributed by atoms with van der Waals surface area (Å²) in [5.41, 5.74) is 0. The van der Waals surface area contributed by atoms with E-state index in [0.29, 0.717) is 18.9 Å². The van der Waals surface area contributed by atoms with Crippen LogP contribution in [0.15, 0.2) is 0 Å². The average Bonchev–Trinajstić information content (AvgIpc) is 2.96. The number of urea groups is 1. The molecule has 0 spiro atoms. The van der Waals surface area contributed by atoms with E-state index in [0.717, 1.165) is 31.3 Å². The molecule has 2 N–H and O–H groups in total. The first-order valence-corrected chi connectivity index (χ1v) is 7.81. The topological polar surface area (TPSA) is 69.6 Å². The summed E-state index contributed by atoms with van der Waals surface area (Å²) < 4.78 is 0. The molecule has 20 heavy (non-hydrogen) atoms. The van der Waals surface area contributed by atoms with Crippen molar-refractivity contribution in [3.63, 3.8) is 0 Å². The fraction of sp³-hybridized carbons (Fsp3) is 0.867. The van der Waals surface area contributed by atoms with Gasteiger partial charge in [-0.25, -0.2) is 4.79 Å². The van der Waals surface area contributed by atoms with E-state index in [1.54, 1.807) is 0 Å². The Labute approximate surface area is 120 Å². The number of carbonyl (C=O) groups excluding carboxylic acids is 1. The third-order valence-electron chi connectivity index (χ3n) is 4.78. The Bertz CT molecular complexity index is 347. The molecule has 2 aliphatic rings. The van der Waals surface area contributed by atoms with E-state index >= 15 is 0 Å². The van der Waals surface area contributed by atoms with Gasteiger partial charge < -0.3 is 15.3 Å². The highest BCUT2D eigenvalue weighted by molar-refractivity contribution is 5.74. The van der Waals surface area contributed by atoms with Gasteiger partial charge in [-0.2, -0.15) is 0 Å². The second kappa shape index (κ2) is 6.95. The van der Waals surface area contributed by atoms with Crippen molar-refractivity contribution < 1.29 is 14.7 Å². The fourth-order valence-corrected chi connectivity index (χ4v) is 3.45. The smallest absolute Gasteiger partial charge is 0.317 e. The van der Waals surface area contributed by atoms with E-state index in [2.05, 4.69) is 5.32 Å². The molecule has 3 unspecified atom stereocenters. The highest BCUT2D eigenvalue weighted by Gasteiger charge is 2.37. The number of fused-ring (bicyclic) bond motifs is 1. The molecule has 1 saturated heterocycles. The molecule has 5 heteroatoms. The molecular weight excluding hydrogens is 256 g/mol. The first-order chi connectivity index (χ1) is 9.56. The Balaban J connectivity index is 1.60. The van der Waals surface area contributed by atoms with Crippen LogP contribution in [-0.4, -0.2) is 41.6 Å². The number of nitrogens with one attached hydrogen (secondary N) is 1. The molecule has 2 rings (SSSR count). The predicted molar refractivity (Wildman–Crippen MR) is 76.5 cm³/mol. The van der Waals surface area contributed by atoms with Gasteiger partial charge in [0, 0.05) is 26.1 Å². The van der Waals surface area contributed by atoms with E-state index < -0.39 is 5.97 Å². The van der Waals surface area contributed by atoms with Crippen LogP contribution in [0.3, 0.4) is 0 Å². The maximum Gasteiger partial charge on any atom is 0.317 e. The first-order valence-electron chi connectivity index (χ1n) is 7.81. The van der Waals surface area contributed by atoms with Crippen LogP contribution in [-0.2, 0) is 4.79 Å². The van der Waals surface area contributed by atoms with Gasteiger partial charge in [-0.1, -0.05) is 13.3 Å². The number of carbonyl (C=O) groups is 2. The van der Waals surface area contributed by atoms with Crippen molar-refractivity contribution >= 4 is 12.0 Å². The largest absolute Gasteiger partial charge is 0.481 e. The summed E-state index contributed by atoms with van der Waals surface area (Å²) in [5.74, 6) is 1.05. The Morgan fingerprint density at radius 2 is 1.90 bits per heavy atom. The lowest BCUT2D eigenvalue weighted by molar-refractivity contribution is -0.137. The number of nitrogens with zero attached hydrogens (tertiary/aromatic N) is 1. The molecule has 2 fully saturated rings. The molecule has 1 saturated carbocycles. The van der Waals surface area contributed by atoms with Crippen LogP contribution in [0.1, 0.15) is 45.4 Å². The number of amides is 2. The lowest BCUT2D eigenvalue weighted by Crippen LogP contribution is -2.39. The molecular formula is C15H26N2O3.